The lowest BCUT2D eigenvalue weighted by Crippen LogP contribution is -2.02. The fourth-order valence-electron chi connectivity index (χ4n) is 2.30. The molecule has 0 amide bonds. The molecule has 0 unspecified atom stereocenters. The number of hydrogen-bond donors (Lipinski definition) is 0. The average Bonchev–Trinajstić information content (AvgIpc) is 2.64. The van der Waals surface area contributed by atoms with Gasteiger partial charge in [-0.25, -0.2) is 4.79 Å². The highest BCUT2D eigenvalue weighted by atomic mass is 16.5. The first-order valence-electron chi connectivity index (χ1n) is 6.25. The summed E-state index contributed by atoms with van der Waals surface area (Å²) in [6.07, 6.45) is 1.86. The molecule has 96 valence electrons. The molecule has 2 aromatic rings. The van der Waals surface area contributed by atoms with E-state index in [2.05, 4.69) is 6.07 Å². The van der Waals surface area contributed by atoms with Gasteiger partial charge in [0.05, 0.1) is 12.7 Å². The first-order chi connectivity index (χ1) is 9.28. The number of carbonyl (C=O) groups is 1. The zero-order valence-corrected chi connectivity index (χ0v) is 10.7. The van der Waals surface area contributed by atoms with Gasteiger partial charge in [0, 0.05) is 0 Å². The van der Waals surface area contributed by atoms with Gasteiger partial charge in [0.25, 0.3) is 0 Å². The Labute approximate surface area is 111 Å². The van der Waals surface area contributed by atoms with E-state index >= 15 is 0 Å². The molecule has 0 fully saturated rings. The molecule has 3 nitrogen and oxygen atoms in total. The quantitative estimate of drug-likeness (QED) is 0.732. The third-order valence-corrected chi connectivity index (χ3v) is 3.34. The largest absolute Gasteiger partial charge is 0.465 e. The normalized spacial score (nSPS) is 12.7. The monoisotopic (exact) mass is 254 g/mol. The number of methoxy groups -OCH3 is 1. The summed E-state index contributed by atoms with van der Waals surface area (Å²) in [7, 11) is 1.38. The summed E-state index contributed by atoms with van der Waals surface area (Å²) in [4.78, 5) is 11.6. The topological polar surface area (TPSA) is 35.5 Å². The van der Waals surface area contributed by atoms with Crippen LogP contribution in [0.5, 0.6) is 11.5 Å². The van der Waals surface area contributed by atoms with E-state index in [0.717, 1.165) is 29.9 Å². The highest BCUT2D eigenvalue weighted by molar-refractivity contribution is 5.90. The van der Waals surface area contributed by atoms with Crippen LogP contribution >= 0.6 is 0 Å². The molecule has 0 aliphatic carbocycles. The van der Waals surface area contributed by atoms with Crippen LogP contribution in [0.1, 0.15) is 21.5 Å². The van der Waals surface area contributed by atoms with Crippen molar-refractivity contribution in [3.63, 3.8) is 0 Å². The first-order valence-corrected chi connectivity index (χ1v) is 6.25. The zero-order chi connectivity index (χ0) is 13.2. The van der Waals surface area contributed by atoms with Crippen molar-refractivity contribution in [2.45, 2.75) is 12.8 Å². The van der Waals surface area contributed by atoms with Crippen LogP contribution < -0.4 is 4.74 Å². The maximum Gasteiger partial charge on any atom is 0.337 e. The van der Waals surface area contributed by atoms with Crippen molar-refractivity contribution in [2.24, 2.45) is 0 Å². The lowest BCUT2D eigenvalue weighted by Gasteiger charge is -2.09. The Balaban J connectivity index is 2.02. The van der Waals surface area contributed by atoms with E-state index in [4.69, 9.17) is 9.47 Å². The minimum Gasteiger partial charge on any atom is -0.465 e. The van der Waals surface area contributed by atoms with Gasteiger partial charge in [0.2, 0.25) is 0 Å². The molecular formula is C16H14O3. The van der Waals surface area contributed by atoms with Crippen molar-refractivity contribution < 1.29 is 14.3 Å². The van der Waals surface area contributed by atoms with Crippen molar-refractivity contribution in [3.05, 3.63) is 59.2 Å². The maximum atomic E-state index is 11.6. The molecular weight excluding hydrogens is 240 g/mol. The van der Waals surface area contributed by atoms with Gasteiger partial charge in [-0.2, -0.15) is 0 Å². The van der Waals surface area contributed by atoms with E-state index < -0.39 is 0 Å². The van der Waals surface area contributed by atoms with Gasteiger partial charge in [-0.3, -0.25) is 0 Å². The van der Waals surface area contributed by atoms with E-state index in [1.807, 2.05) is 24.3 Å². The molecule has 0 atom stereocenters. The van der Waals surface area contributed by atoms with Gasteiger partial charge < -0.3 is 9.47 Å². The predicted octanol–water partition coefficient (Wildman–Crippen LogP) is 3.36. The number of carbonyl (C=O) groups excluding carboxylic acids is 1. The van der Waals surface area contributed by atoms with Crippen LogP contribution in [-0.4, -0.2) is 13.1 Å². The molecule has 0 radical (unpaired) electrons. The number of esters is 1. The summed E-state index contributed by atoms with van der Waals surface area (Å²) in [5, 5.41) is 0. The average molecular weight is 254 g/mol. The Morgan fingerprint density at radius 3 is 2.58 bits per heavy atom. The number of hydrogen-bond acceptors (Lipinski definition) is 3. The highest BCUT2D eigenvalue weighted by Gasteiger charge is 2.16. The molecule has 3 rings (SSSR count). The van der Waals surface area contributed by atoms with E-state index in [-0.39, 0.29) is 5.97 Å². The Hall–Kier alpha value is -2.29. The van der Waals surface area contributed by atoms with Crippen LogP contribution in [0.2, 0.25) is 0 Å². The number of para-hydroxylation sites is 1. The molecule has 2 aromatic carbocycles. The molecule has 0 bridgehead atoms. The van der Waals surface area contributed by atoms with Crippen LogP contribution in [0.4, 0.5) is 0 Å². The second-order valence-electron chi connectivity index (χ2n) is 4.52. The summed E-state index contributed by atoms with van der Waals surface area (Å²) >= 11 is 0. The Morgan fingerprint density at radius 1 is 1.05 bits per heavy atom. The van der Waals surface area contributed by atoms with Gasteiger partial charge in [-0.1, -0.05) is 24.3 Å². The van der Waals surface area contributed by atoms with Crippen molar-refractivity contribution in [1.29, 1.82) is 0 Å². The van der Waals surface area contributed by atoms with Gasteiger partial charge in [-0.15, -0.1) is 0 Å². The molecule has 1 aliphatic heterocycles. The van der Waals surface area contributed by atoms with E-state index in [0.29, 0.717) is 5.56 Å². The van der Waals surface area contributed by atoms with Crippen LogP contribution in [0.3, 0.4) is 0 Å². The fraction of sp³-hybridized carbons (Fsp3) is 0.188. The summed E-state index contributed by atoms with van der Waals surface area (Å²) in [6, 6.07) is 13.5. The molecule has 0 saturated heterocycles. The van der Waals surface area contributed by atoms with Crippen molar-refractivity contribution in [3.8, 4) is 11.5 Å². The molecule has 3 heteroatoms. The Morgan fingerprint density at radius 2 is 1.79 bits per heavy atom. The lowest BCUT2D eigenvalue weighted by molar-refractivity contribution is 0.0600. The first kappa shape index (κ1) is 11.8. The maximum absolute atomic E-state index is 11.6. The van der Waals surface area contributed by atoms with Crippen LogP contribution in [0.25, 0.3) is 0 Å². The molecule has 19 heavy (non-hydrogen) atoms. The highest BCUT2D eigenvalue weighted by Crippen LogP contribution is 2.34. The fourth-order valence-corrected chi connectivity index (χ4v) is 2.30. The summed E-state index contributed by atoms with van der Waals surface area (Å²) < 4.78 is 10.7. The number of rotatable bonds is 1. The second-order valence-corrected chi connectivity index (χ2v) is 4.52. The minimum atomic E-state index is -0.344. The molecule has 1 heterocycles. The molecule has 0 spiro atoms. The van der Waals surface area contributed by atoms with E-state index in [1.165, 1.54) is 12.7 Å². The molecule has 0 N–H and O–H groups in total. The van der Waals surface area contributed by atoms with Gasteiger partial charge in [-0.05, 0) is 42.2 Å². The molecule has 0 aromatic heterocycles. The van der Waals surface area contributed by atoms with E-state index in [1.54, 1.807) is 12.1 Å². The van der Waals surface area contributed by atoms with Crippen LogP contribution in [0, 0.1) is 0 Å². The predicted molar refractivity (Wildman–Crippen MR) is 71.7 cm³/mol. The SMILES string of the molecule is COC(=O)c1ccc2c(c1)Oc1ccccc1CC2. The van der Waals surface area contributed by atoms with Crippen molar-refractivity contribution in [2.75, 3.05) is 7.11 Å². The third kappa shape index (κ3) is 2.19. The summed E-state index contributed by atoms with van der Waals surface area (Å²) in [6.45, 7) is 0. The van der Waals surface area contributed by atoms with Gasteiger partial charge >= 0.3 is 5.97 Å². The molecule has 1 aliphatic rings. The Bertz CT molecular complexity index is 632. The van der Waals surface area contributed by atoms with Crippen LogP contribution in [0.15, 0.2) is 42.5 Å². The van der Waals surface area contributed by atoms with E-state index in [9.17, 15) is 4.79 Å². The number of ether oxygens (including phenoxy) is 2. The third-order valence-electron chi connectivity index (χ3n) is 3.34. The number of fused-ring (bicyclic) bond motifs is 2. The zero-order valence-electron chi connectivity index (χ0n) is 10.7. The minimum absolute atomic E-state index is 0.344. The second kappa shape index (κ2) is 4.76. The number of aryl methyl sites for hydroxylation is 2. The smallest absolute Gasteiger partial charge is 0.337 e. The van der Waals surface area contributed by atoms with Gasteiger partial charge in [0.15, 0.2) is 0 Å². The van der Waals surface area contributed by atoms with Crippen LogP contribution in [-0.2, 0) is 17.6 Å². The standard InChI is InChI=1S/C16H14O3/c1-18-16(17)13-9-8-12-7-6-11-4-2-3-5-14(11)19-15(12)10-13/h2-5,8-10H,6-7H2,1H3. The number of benzene rings is 2. The van der Waals surface area contributed by atoms with Gasteiger partial charge in [0.1, 0.15) is 11.5 Å². The van der Waals surface area contributed by atoms with Crippen molar-refractivity contribution >= 4 is 5.97 Å². The summed E-state index contributed by atoms with van der Waals surface area (Å²) in [5.41, 5.74) is 2.82. The lowest BCUT2D eigenvalue weighted by atomic mass is 10.0. The summed E-state index contributed by atoms with van der Waals surface area (Å²) in [5.74, 6) is 1.26. The van der Waals surface area contributed by atoms with Crippen molar-refractivity contribution in [1.82, 2.24) is 0 Å². The molecule has 0 saturated carbocycles. The Kier molecular flexibility index (Phi) is 2.95.